The van der Waals surface area contributed by atoms with E-state index in [9.17, 15) is 4.79 Å². The van der Waals surface area contributed by atoms with E-state index in [0.29, 0.717) is 18.0 Å². The number of carbonyl (C=O) groups excluding carboxylic acids is 1. The van der Waals surface area contributed by atoms with Gasteiger partial charge in [-0.1, -0.05) is 26.0 Å². The molecular weight excluding hydrogens is 268 g/mol. The van der Waals surface area contributed by atoms with Crippen LogP contribution in [-0.2, 0) is 6.54 Å². The fourth-order valence-corrected chi connectivity index (χ4v) is 2.77. The van der Waals surface area contributed by atoms with Gasteiger partial charge in [-0.05, 0) is 36.1 Å². The van der Waals surface area contributed by atoms with E-state index >= 15 is 0 Å². The summed E-state index contributed by atoms with van der Waals surface area (Å²) in [4.78, 5) is 12.1. The van der Waals surface area contributed by atoms with Crippen LogP contribution in [0.4, 0.5) is 5.69 Å². The van der Waals surface area contributed by atoms with Crippen molar-refractivity contribution in [2.24, 2.45) is 5.73 Å². The third-order valence-corrected chi connectivity index (χ3v) is 4.43. The molecule has 0 saturated heterocycles. The second-order valence-corrected chi connectivity index (χ2v) is 5.95. The zero-order chi connectivity index (χ0) is 14.5. The van der Waals surface area contributed by atoms with E-state index in [1.165, 1.54) is 5.56 Å². The van der Waals surface area contributed by atoms with Crippen LogP contribution >= 0.6 is 11.3 Å². The van der Waals surface area contributed by atoms with Crippen LogP contribution in [0.3, 0.4) is 0 Å². The number of amides is 1. The van der Waals surface area contributed by atoms with Crippen LogP contribution in [-0.4, -0.2) is 5.91 Å². The van der Waals surface area contributed by atoms with Gasteiger partial charge in [-0.2, -0.15) is 0 Å². The van der Waals surface area contributed by atoms with Gasteiger partial charge in [-0.25, -0.2) is 0 Å². The molecule has 1 aromatic carbocycles. The van der Waals surface area contributed by atoms with Crippen molar-refractivity contribution < 1.29 is 4.79 Å². The maximum atomic E-state index is 11.0. The number of nitrogens with two attached hydrogens (primary N) is 1. The molecule has 1 heterocycles. The Morgan fingerprint density at radius 1 is 1.35 bits per heavy atom. The Balaban J connectivity index is 1.94. The Kier molecular flexibility index (Phi) is 4.79. The summed E-state index contributed by atoms with van der Waals surface area (Å²) in [6.07, 6.45) is 1.15. The third-order valence-electron chi connectivity index (χ3n) is 3.50. The molecule has 1 atom stereocenters. The normalized spacial score (nSPS) is 12.1. The van der Waals surface area contributed by atoms with E-state index in [0.717, 1.165) is 17.0 Å². The standard InChI is InChI=1S/C16H20N2OS/c1-3-11(2)12-4-6-14(7-5-12)18-9-15-8-13(10-20-15)16(17)19/h4-8,10-11,18H,3,9H2,1-2H3,(H2,17,19). The van der Waals surface area contributed by atoms with Crippen molar-refractivity contribution in [2.75, 3.05) is 5.32 Å². The molecule has 2 rings (SSSR count). The molecule has 0 fully saturated rings. The van der Waals surface area contributed by atoms with Crippen molar-refractivity contribution in [1.82, 2.24) is 0 Å². The summed E-state index contributed by atoms with van der Waals surface area (Å²) in [6.45, 7) is 5.14. The highest BCUT2D eigenvalue weighted by Crippen LogP contribution is 2.21. The number of anilines is 1. The monoisotopic (exact) mass is 288 g/mol. The first-order chi connectivity index (χ1) is 9.60. The number of hydrogen-bond donors (Lipinski definition) is 2. The van der Waals surface area contributed by atoms with Crippen molar-refractivity contribution in [3.8, 4) is 0 Å². The Hall–Kier alpha value is -1.81. The minimum Gasteiger partial charge on any atom is -0.380 e. The summed E-state index contributed by atoms with van der Waals surface area (Å²) in [7, 11) is 0. The van der Waals surface area contributed by atoms with Crippen molar-refractivity contribution in [2.45, 2.75) is 32.7 Å². The summed E-state index contributed by atoms with van der Waals surface area (Å²) in [6, 6.07) is 10.4. The second kappa shape index (κ2) is 6.57. The van der Waals surface area contributed by atoms with E-state index in [1.807, 2.05) is 6.07 Å². The molecule has 1 amide bonds. The molecular formula is C16H20N2OS. The molecule has 0 aliphatic rings. The molecule has 0 aliphatic heterocycles. The number of hydrogen-bond acceptors (Lipinski definition) is 3. The predicted molar refractivity (Wildman–Crippen MR) is 85.3 cm³/mol. The average molecular weight is 288 g/mol. The van der Waals surface area contributed by atoms with Crippen LogP contribution in [0.25, 0.3) is 0 Å². The van der Waals surface area contributed by atoms with Gasteiger partial charge in [0.1, 0.15) is 0 Å². The smallest absolute Gasteiger partial charge is 0.249 e. The molecule has 1 unspecified atom stereocenters. The van der Waals surface area contributed by atoms with Gasteiger partial charge >= 0.3 is 0 Å². The minimum absolute atomic E-state index is 0.370. The van der Waals surface area contributed by atoms with Gasteiger partial charge in [0.25, 0.3) is 0 Å². The zero-order valence-corrected chi connectivity index (χ0v) is 12.7. The molecule has 3 nitrogen and oxygen atoms in total. The van der Waals surface area contributed by atoms with Crippen LogP contribution in [0.1, 0.15) is 47.0 Å². The first kappa shape index (κ1) is 14.6. The number of rotatable bonds is 6. The molecule has 20 heavy (non-hydrogen) atoms. The first-order valence-electron chi connectivity index (χ1n) is 6.81. The van der Waals surface area contributed by atoms with Gasteiger partial charge in [0.05, 0.1) is 5.56 Å². The topological polar surface area (TPSA) is 55.1 Å². The minimum atomic E-state index is -0.370. The first-order valence-corrected chi connectivity index (χ1v) is 7.69. The predicted octanol–water partition coefficient (Wildman–Crippen LogP) is 3.97. The van der Waals surface area contributed by atoms with Gasteiger partial charge < -0.3 is 11.1 Å². The highest BCUT2D eigenvalue weighted by atomic mass is 32.1. The molecule has 1 aromatic heterocycles. The van der Waals surface area contributed by atoms with Crippen LogP contribution in [0, 0.1) is 0 Å². The van der Waals surface area contributed by atoms with Gasteiger partial charge in [0.2, 0.25) is 5.91 Å². The third kappa shape index (κ3) is 3.61. The van der Waals surface area contributed by atoms with Gasteiger partial charge in [-0.3, -0.25) is 4.79 Å². The molecule has 2 aromatic rings. The average Bonchev–Trinajstić information content (AvgIpc) is 2.94. The molecule has 0 aliphatic carbocycles. The van der Waals surface area contributed by atoms with E-state index in [2.05, 4.69) is 43.4 Å². The Morgan fingerprint density at radius 2 is 2.05 bits per heavy atom. The summed E-state index contributed by atoms with van der Waals surface area (Å²) in [5, 5.41) is 5.15. The molecule has 106 valence electrons. The van der Waals surface area contributed by atoms with Crippen LogP contribution in [0.5, 0.6) is 0 Å². The maximum absolute atomic E-state index is 11.0. The molecule has 3 N–H and O–H groups in total. The van der Waals surface area contributed by atoms with Crippen LogP contribution in [0.15, 0.2) is 35.7 Å². The Bertz CT molecular complexity index is 574. The Labute approximate surface area is 123 Å². The lowest BCUT2D eigenvalue weighted by molar-refractivity contribution is 0.100. The van der Waals surface area contributed by atoms with E-state index in [4.69, 9.17) is 5.73 Å². The van der Waals surface area contributed by atoms with E-state index < -0.39 is 0 Å². The molecule has 4 heteroatoms. The summed E-state index contributed by atoms with van der Waals surface area (Å²) >= 11 is 1.55. The van der Waals surface area contributed by atoms with Gasteiger partial charge in [0.15, 0.2) is 0 Å². The highest BCUT2D eigenvalue weighted by Gasteiger charge is 2.05. The molecule has 0 saturated carbocycles. The largest absolute Gasteiger partial charge is 0.380 e. The van der Waals surface area contributed by atoms with Crippen LogP contribution in [0.2, 0.25) is 0 Å². The van der Waals surface area contributed by atoms with E-state index in [1.54, 1.807) is 16.7 Å². The zero-order valence-electron chi connectivity index (χ0n) is 11.8. The fourth-order valence-electron chi connectivity index (χ4n) is 1.96. The number of benzene rings is 1. The van der Waals surface area contributed by atoms with Gasteiger partial charge in [0, 0.05) is 22.5 Å². The summed E-state index contributed by atoms with van der Waals surface area (Å²) in [5.74, 6) is 0.227. The second-order valence-electron chi connectivity index (χ2n) is 4.95. The van der Waals surface area contributed by atoms with Crippen molar-refractivity contribution in [1.29, 1.82) is 0 Å². The quantitative estimate of drug-likeness (QED) is 0.845. The summed E-state index contributed by atoms with van der Waals surface area (Å²) in [5.41, 5.74) is 8.28. The number of primary amides is 1. The molecule has 0 bridgehead atoms. The van der Waals surface area contributed by atoms with Gasteiger partial charge in [-0.15, -0.1) is 11.3 Å². The van der Waals surface area contributed by atoms with Crippen molar-refractivity contribution >= 4 is 22.9 Å². The van der Waals surface area contributed by atoms with Crippen molar-refractivity contribution in [3.63, 3.8) is 0 Å². The lowest BCUT2D eigenvalue weighted by atomic mass is 9.99. The molecule has 0 radical (unpaired) electrons. The Morgan fingerprint density at radius 3 is 2.60 bits per heavy atom. The number of thiophene rings is 1. The number of carbonyl (C=O) groups is 1. The highest BCUT2D eigenvalue weighted by molar-refractivity contribution is 7.10. The fraction of sp³-hybridized carbons (Fsp3) is 0.312. The maximum Gasteiger partial charge on any atom is 0.249 e. The van der Waals surface area contributed by atoms with Crippen LogP contribution < -0.4 is 11.1 Å². The SMILES string of the molecule is CCC(C)c1ccc(NCc2cc(C(N)=O)cs2)cc1. The lowest BCUT2D eigenvalue weighted by Crippen LogP contribution is -2.09. The summed E-state index contributed by atoms with van der Waals surface area (Å²) < 4.78 is 0. The number of nitrogens with one attached hydrogen (secondary N) is 1. The molecule has 0 spiro atoms. The van der Waals surface area contributed by atoms with E-state index in [-0.39, 0.29) is 5.91 Å². The lowest BCUT2D eigenvalue weighted by Gasteiger charge is -2.10. The van der Waals surface area contributed by atoms with Crippen molar-refractivity contribution in [3.05, 3.63) is 51.7 Å².